The van der Waals surface area contributed by atoms with E-state index in [1.807, 2.05) is 13.0 Å². The Balaban J connectivity index is 1.72. The van der Waals surface area contributed by atoms with E-state index in [0.29, 0.717) is 18.2 Å². The molecule has 1 aliphatic heterocycles. The number of aryl methyl sites for hydroxylation is 1. The highest BCUT2D eigenvalue weighted by Gasteiger charge is 2.14. The predicted octanol–water partition coefficient (Wildman–Crippen LogP) is 1.96. The number of ether oxygens (including phenoxy) is 2. The van der Waals surface area contributed by atoms with Gasteiger partial charge in [-0.15, -0.1) is 0 Å². The number of anilines is 2. The van der Waals surface area contributed by atoms with Gasteiger partial charge in [0.05, 0.1) is 6.61 Å². The third kappa shape index (κ3) is 4.51. The van der Waals surface area contributed by atoms with Gasteiger partial charge in [-0.25, -0.2) is 0 Å². The van der Waals surface area contributed by atoms with Crippen LogP contribution in [0.2, 0.25) is 0 Å². The second-order valence-electron chi connectivity index (χ2n) is 5.19. The third-order valence-electron chi connectivity index (χ3n) is 3.45. The minimum Gasteiger partial charge on any atom is -0.399 e. The van der Waals surface area contributed by atoms with Crippen molar-refractivity contribution in [2.75, 3.05) is 37.5 Å². The summed E-state index contributed by atoms with van der Waals surface area (Å²) in [6.45, 7) is 4.21. The predicted molar refractivity (Wildman–Crippen MR) is 78.6 cm³/mol. The SMILES string of the molecule is Cc1cc(N)ccc1NC(=O)COCC1CCOCC1. The molecule has 0 bridgehead atoms. The largest absolute Gasteiger partial charge is 0.399 e. The molecule has 2 rings (SSSR count). The van der Waals surface area contributed by atoms with Crippen molar-refractivity contribution in [2.24, 2.45) is 5.92 Å². The van der Waals surface area contributed by atoms with E-state index >= 15 is 0 Å². The van der Waals surface area contributed by atoms with Crippen LogP contribution in [-0.2, 0) is 14.3 Å². The highest BCUT2D eigenvalue weighted by molar-refractivity contribution is 5.92. The molecule has 1 saturated heterocycles. The molecule has 20 heavy (non-hydrogen) atoms. The maximum absolute atomic E-state index is 11.8. The van der Waals surface area contributed by atoms with Crippen molar-refractivity contribution < 1.29 is 14.3 Å². The number of hydrogen-bond donors (Lipinski definition) is 2. The van der Waals surface area contributed by atoms with Crippen molar-refractivity contribution in [2.45, 2.75) is 19.8 Å². The molecule has 5 nitrogen and oxygen atoms in total. The van der Waals surface area contributed by atoms with Crippen molar-refractivity contribution in [1.29, 1.82) is 0 Å². The lowest BCUT2D eigenvalue weighted by Crippen LogP contribution is -2.24. The molecule has 3 N–H and O–H groups in total. The van der Waals surface area contributed by atoms with Crippen LogP contribution < -0.4 is 11.1 Å². The molecule has 0 aliphatic carbocycles. The Kier molecular flexibility index (Phi) is 5.38. The normalized spacial score (nSPS) is 16.1. The Hall–Kier alpha value is -1.59. The van der Waals surface area contributed by atoms with Crippen LogP contribution in [0.3, 0.4) is 0 Å². The summed E-state index contributed by atoms with van der Waals surface area (Å²) in [5.74, 6) is 0.375. The number of nitrogens with two attached hydrogens (primary N) is 1. The van der Waals surface area contributed by atoms with Gasteiger partial charge in [-0.1, -0.05) is 0 Å². The van der Waals surface area contributed by atoms with E-state index < -0.39 is 0 Å². The molecule has 0 atom stereocenters. The quantitative estimate of drug-likeness (QED) is 0.807. The van der Waals surface area contributed by atoms with Crippen LogP contribution in [0.15, 0.2) is 18.2 Å². The van der Waals surface area contributed by atoms with Gasteiger partial charge in [-0.3, -0.25) is 4.79 Å². The summed E-state index contributed by atoms with van der Waals surface area (Å²) < 4.78 is 10.8. The number of nitrogens with one attached hydrogen (secondary N) is 1. The van der Waals surface area contributed by atoms with Crippen molar-refractivity contribution >= 4 is 17.3 Å². The molecule has 0 spiro atoms. The zero-order valence-electron chi connectivity index (χ0n) is 11.9. The zero-order chi connectivity index (χ0) is 14.4. The van der Waals surface area contributed by atoms with Crippen LogP contribution in [0.1, 0.15) is 18.4 Å². The summed E-state index contributed by atoms with van der Waals surface area (Å²) in [6.07, 6.45) is 2.03. The Bertz CT molecular complexity index is 456. The first-order chi connectivity index (χ1) is 9.65. The lowest BCUT2D eigenvalue weighted by Gasteiger charge is -2.21. The highest BCUT2D eigenvalue weighted by Crippen LogP contribution is 2.18. The molecule has 0 saturated carbocycles. The van der Waals surface area contributed by atoms with E-state index in [1.165, 1.54) is 0 Å². The van der Waals surface area contributed by atoms with Crippen LogP contribution in [0.4, 0.5) is 11.4 Å². The summed E-state index contributed by atoms with van der Waals surface area (Å²) in [7, 11) is 0. The van der Waals surface area contributed by atoms with E-state index in [2.05, 4.69) is 5.32 Å². The van der Waals surface area contributed by atoms with Crippen LogP contribution in [0, 0.1) is 12.8 Å². The highest BCUT2D eigenvalue weighted by atomic mass is 16.5. The summed E-state index contributed by atoms with van der Waals surface area (Å²) in [5.41, 5.74) is 8.09. The first-order valence-electron chi connectivity index (χ1n) is 6.96. The molecule has 1 fully saturated rings. The molecular formula is C15H22N2O3. The molecule has 0 aromatic heterocycles. The molecular weight excluding hydrogens is 256 g/mol. The zero-order valence-corrected chi connectivity index (χ0v) is 11.9. The maximum Gasteiger partial charge on any atom is 0.250 e. The third-order valence-corrected chi connectivity index (χ3v) is 3.45. The number of amides is 1. The summed E-state index contributed by atoms with van der Waals surface area (Å²) in [5, 5.41) is 2.83. The Labute approximate surface area is 119 Å². The molecule has 1 aromatic rings. The van der Waals surface area contributed by atoms with Crippen molar-refractivity contribution in [3.05, 3.63) is 23.8 Å². The molecule has 1 heterocycles. The second-order valence-corrected chi connectivity index (χ2v) is 5.19. The van der Waals surface area contributed by atoms with Crippen LogP contribution >= 0.6 is 0 Å². The van der Waals surface area contributed by atoms with E-state index in [0.717, 1.165) is 37.3 Å². The molecule has 1 amide bonds. The monoisotopic (exact) mass is 278 g/mol. The first-order valence-corrected chi connectivity index (χ1v) is 6.96. The maximum atomic E-state index is 11.8. The van der Waals surface area contributed by atoms with Gasteiger partial charge in [-0.2, -0.15) is 0 Å². The fourth-order valence-corrected chi connectivity index (χ4v) is 2.24. The first kappa shape index (κ1) is 14.8. The summed E-state index contributed by atoms with van der Waals surface area (Å²) >= 11 is 0. The van der Waals surface area contributed by atoms with Gasteiger partial charge in [-0.05, 0) is 49.4 Å². The average molecular weight is 278 g/mol. The van der Waals surface area contributed by atoms with E-state index in [1.54, 1.807) is 12.1 Å². The van der Waals surface area contributed by atoms with Crippen LogP contribution in [0.5, 0.6) is 0 Å². The van der Waals surface area contributed by atoms with Crippen molar-refractivity contribution in [1.82, 2.24) is 0 Å². The number of hydrogen-bond acceptors (Lipinski definition) is 4. The number of nitrogen functional groups attached to an aromatic ring is 1. The van der Waals surface area contributed by atoms with Gasteiger partial charge in [0.2, 0.25) is 5.91 Å². The number of benzene rings is 1. The average Bonchev–Trinajstić information content (AvgIpc) is 2.43. The van der Waals surface area contributed by atoms with Gasteiger partial charge < -0.3 is 20.5 Å². The van der Waals surface area contributed by atoms with Crippen LogP contribution in [-0.4, -0.2) is 32.3 Å². The summed E-state index contributed by atoms with van der Waals surface area (Å²) in [6, 6.07) is 5.41. The minimum absolute atomic E-state index is 0.0845. The van der Waals surface area contributed by atoms with Crippen molar-refractivity contribution in [3.63, 3.8) is 0 Å². The van der Waals surface area contributed by atoms with Gasteiger partial charge in [0, 0.05) is 24.6 Å². The van der Waals surface area contributed by atoms with Gasteiger partial charge >= 0.3 is 0 Å². The number of carbonyl (C=O) groups excluding carboxylic acids is 1. The molecule has 0 unspecified atom stereocenters. The van der Waals surface area contributed by atoms with Crippen LogP contribution in [0.25, 0.3) is 0 Å². The molecule has 110 valence electrons. The van der Waals surface area contributed by atoms with Gasteiger partial charge in [0.15, 0.2) is 0 Å². The van der Waals surface area contributed by atoms with E-state index in [4.69, 9.17) is 15.2 Å². The smallest absolute Gasteiger partial charge is 0.250 e. The molecule has 1 aromatic carbocycles. The van der Waals surface area contributed by atoms with E-state index in [9.17, 15) is 4.79 Å². The van der Waals surface area contributed by atoms with E-state index in [-0.39, 0.29) is 12.5 Å². The molecule has 1 aliphatic rings. The summed E-state index contributed by atoms with van der Waals surface area (Å²) in [4.78, 5) is 11.8. The molecule has 0 radical (unpaired) electrons. The fourth-order valence-electron chi connectivity index (χ4n) is 2.24. The number of rotatable bonds is 5. The molecule has 5 heteroatoms. The minimum atomic E-state index is -0.134. The Morgan fingerprint density at radius 1 is 1.45 bits per heavy atom. The Morgan fingerprint density at radius 2 is 2.20 bits per heavy atom. The fraction of sp³-hybridized carbons (Fsp3) is 0.533. The topological polar surface area (TPSA) is 73.6 Å². The van der Waals surface area contributed by atoms with Gasteiger partial charge in [0.25, 0.3) is 0 Å². The van der Waals surface area contributed by atoms with Gasteiger partial charge in [0.1, 0.15) is 6.61 Å². The van der Waals surface area contributed by atoms with Crippen molar-refractivity contribution in [3.8, 4) is 0 Å². The lowest BCUT2D eigenvalue weighted by atomic mass is 10.0. The standard InChI is InChI=1S/C15H22N2O3/c1-11-8-13(16)2-3-14(11)17-15(18)10-20-9-12-4-6-19-7-5-12/h2-3,8,12H,4-7,9-10,16H2,1H3,(H,17,18). The second kappa shape index (κ2) is 7.26. The lowest BCUT2D eigenvalue weighted by molar-refractivity contribution is -0.121. The number of carbonyl (C=O) groups is 1. The Morgan fingerprint density at radius 3 is 2.90 bits per heavy atom.